The highest BCUT2D eigenvalue weighted by Crippen LogP contribution is 2.31. The molecule has 1 heterocycles. The molecular formula is C22H18N2OS. The summed E-state index contributed by atoms with van der Waals surface area (Å²) in [6.07, 6.45) is 1.69. The van der Waals surface area contributed by atoms with Crippen molar-refractivity contribution in [2.24, 2.45) is 4.99 Å². The zero-order valence-electron chi connectivity index (χ0n) is 14.6. The Morgan fingerprint density at radius 1 is 1.00 bits per heavy atom. The molecule has 0 saturated carbocycles. The minimum Gasteiger partial charge on any atom is -0.507 e. The van der Waals surface area contributed by atoms with Crippen LogP contribution in [-0.4, -0.2) is 16.3 Å². The first-order valence-electron chi connectivity index (χ1n) is 8.40. The van der Waals surface area contributed by atoms with Crippen LogP contribution in [0.25, 0.3) is 20.8 Å². The van der Waals surface area contributed by atoms with Gasteiger partial charge in [-0.25, -0.2) is 4.98 Å². The number of nitrogens with zero attached hydrogens (tertiary/aromatic N) is 2. The summed E-state index contributed by atoms with van der Waals surface area (Å²) >= 11 is 1.70. The number of hydrogen-bond donors (Lipinski definition) is 1. The molecule has 0 amide bonds. The predicted molar refractivity (Wildman–Crippen MR) is 110 cm³/mol. The lowest BCUT2D eigenvalue weighted by molar-refractivity contribution is 0.470. The lowest BCUT2D eigenvalue weighted by Gasteiger charge is -2.02. The molecule has 0 saturated heterocycles. The molecule has 1 N–H and O–H groups in total. The van der Waals surface area contributed by atoms with Crippen molar-refractivity contribution in [2.75, 3.05) is 0 Å². The molecule has 3 aromatic carbocycles. The van der Waals surface area contributed by atoms with Crippen LogP contribution in [0.5, 0.6) is 5.75 Å². The van der Waals surface area contributed by atoms with Gasteiger partial charge < -0.3 is 5.11 Å². The molecule has 0 bridgehead atoms. The van der Waals surface area contributed by atoms with E-state index in [0.29, 0.717) is 0 Å². The van der Waals surface area contributed by atoms with Crippen LogP contribution in [0.15, 0.2) is 65.7 Å². The van der Waals surface area contributed by atoms with Gasteiger partial charge in [-0.2, -0.15) is 0 Å². The van der Waals surface area contributed by atoms with Crippen LogP contribution in [0.3, 0.4) is 0 Å². The van der Waals surface area contributed by atoms with E-state index in [9.17, 15) is 5.11 Å². The summed E-state index contributed by atoms with van der Waals surface area (Å²) in [4.78, 5) is 9.18. The summed E-state index contributed by atoms with van der Waals surface area (Å²) < 4.78 is 1.21. The fourth-order valence-electron chi connectivity index (χ4n) is 2.78. The van der Waals surface area contributed by atoms with Crippen molar-refractivity contribution in [3.63, 3.8) is 0 Å². The van der Waals surface area contributed by atoms with Gasteiger partial charge in [-0.15, -0.1) is 11.3 Å². The van der Waals surface area contributed by atoms with Gasteiger partial charge in [-0.3, -0.25) is 4.99 Å². The molecule has 0 aliphatic rings. The van der Waals surface area contributed by atoms with Crippen LogP contribution in [0.1, 0.15) is 16.7 Å². The molecule has 0 aliphatic carbocycles. The number of fused-ring (bicyclic) bond motifs is 1. The number of para-hydroxylation sites is 1. The van der Waals surface area contributed by atoms with Gasteiger partial charge in [0, 0.05) is 17.3 Å². The summed E-state index contributed by atoms with van der Waals surface area (Å²) in [5.41, 5.74) is 5.77. The zero-order chi connectivity index (χ0) is 18.1. The highest BCUT2D eigenvalue weighted by atomic mass is 32.1. The quantitative estimate of drug-likeness (QED) is 0.454. The van der Waals surface area contributed by atoms with E-state index in [1.54, 1.807) is 17.6 Å². The van der Waals surface area contributed by atoms with Gasteiger partial charge in [0.05, 0.1) is 15.9 Å². The maximum absolute atomic E-state index is 10.1. The highest BCUT2D eigenvalue weighted by Gasteiger charge is 2.06. The highest BCUT2D eigenvalue weighted by molar-refractivity contribution is 7.21. The minimum atomic E-state index is 0.276. The molecule has 4 aromatic rings. The number of hydrogen-bond acceptors (Lipinski definition) is 4. The number of phenolic OH excluding ortho intramolecular Hbond substituents is 1. The zero-order valence-corrected chi connectivity index (χ0v) is 15.4. The third kappa shape index (κ3) is 3.24. The van der Waals surface area contributed by atoms with Crippen LogP contribution in [-0.2, 0) is 0 Å². The van der Waals surface area contributed by atoms with Crippen molar-refractivity contribution in [1.29, 1.82) is 0 Å². The number of thiazole rings is 1. The largest absolute Gasteiger partial charge is 0.507 e. The second-order valence-corrected chi connectivity index (χ2v) is 7.34. The number of aromatic nitrogens is 1. The fraction of sp³-hybridized carbons (Fsp3) is 0.0909. The van der Waals surface area contributed by atoms with E-state index in [1.807, 2.05) is 49.4 Å². The van der Waals surface area contributed by atoms with Crippen molar-refractivity contribution in [2.45, 2.75) is 13.8 Å². The average molecular weight is 358 g/mol. The Labute approximate surface area is 156 Å². The molecule has 1 aromatic heterocycles. The van der Waals surface area contributed by atoms with Gasteiger partial charge in [0.2, 0.25) is 0 Å². The topological polar surface area (TPSA) is 45.5 Å². The summed E-state index contributed by atoms with van der Waals surface area (Å²) in [6.45, 7) is 3.97. The van der Waals surface area contributed by atoms with Gasteiger partial charge in [-0.05, 0) is 67.4 Å². The first-order valence-corrected chi connectivity index (χ1v) is 9.22. The molecule has 128 valence electrons. The Morgan fingerprint density at radius 2 is 1.81 bits per heavy atom. The van der Waals surface area contributed by atoms with E-state index in [-0.39, 0.29) is 5.75 Å². The van der Waals surface area contributed by atoms with Crippen molar-refractivity contribution in [3.05, 3.63) is 77.4 Å². The van der Waals surface area contributed by atoms with Gasteiger partial charge in [0.25, 0.3) is 0 Å². The molecule has 3 nitrogen and oxygen atoms in total. The van der Waals surface area contributed by atoms with Crippen molar-refractivity contribution < 1.29 is 5.11 Å². The Morgan fingerprint density at radius 3 is 2.62 bits per heavy atom. The fourth-order valence-corrected chi connectivity index (χ4v) is 3.84. The summed E-state index contributed by atoms with van der Waals surface area (Å²) in [5.74, 6) is 0.276. The molecule has 4 heteroatoms. The van der Waals surface area contributed by atoms with E-state index in [4.69, 9.17) is 4.98 Å². The maximum atomic E-state index is 10.1. The summed E-state index contributed by atoms with van der Waals surface area (Å²) in [7, 11) is 0. The molecule has 0 unspecified atom stereocenters. The van der Waals surface area contributed by atoms with E-state index < -0.39 is 0 Å². The monoisotopic (exact) mass is 358 g/mol. The molecule has 0 radical (unpaired) electrons. The number of rotatable bonds is 3. The average Bonchev–Trinajstić information content (AvgIpc) is 3.06. The number of aromatic hydroxyl groups is 1. The SMILES string of the molecule is Cc1ccc2nc(-c3ccc(N=Cc4cccc(C)c4O)cc3)sc2c1. The van der Waals surface area contributed by atoms with Crippen LogP contribution in [0, 0.1) is 13.8 Å². The van der Waals surface area contributed by atoms with Crippen molar-refractivity contribution in [1.82, 2.24) is 4.98 Å². The van der Waals surface area contributed by atoms with Crippen molar-refractivity contribution in [3.8, 4) is 16.3 Å². The first kappa shape index (κ1) is 16.5. The van der Waals surface area contributed by atoms with Crippen LogP contribution < -0.4 is 0 Å². The van der Waals surface area contributed by atoms with E-state index in [0.717, 1.165) is 32.9 Å². The molecule has 0 fully saturated rings. The molecule has 0 aliphatic heterocycles. The normalized spacial score (nSPS) is 11.5. The second kappa shape index (κ2) is 6.73. The third-order valence-electron chi connectivity index (χ3n) is 4.28. The number of aliphatic imine (C=N–C) groups is 1. The minimum absolute atomic E-state index is 0.276. The van der Waals surface area contributed by atoms with Crippen molar-refractivity contribution >= 4 is 33.5 Å². The first-order chi connectivity index (χ1) is 12.6. The number of aryl methyl sites for hydroxylation is 2. The van der Waals surface area contributed by atoms with Gasteiger partial charge >= 0.3 is 0 Å². The summed E-state index contributed by atoms with van der Waals surface area (Å²) in [5, 5.41) is 11.1. The van der Waals surface area contributed by atoms with Crippen LogP contribution >= 0.6 is 11.3 Å². The van der Waals surface area contributed by atoms with Gasteiger partial charge in [-0.1, -0.05) is 18.2 Å². The smallest absolute Gasteiger partial charge is 0.127 e. The number of benzene rings is 3. The Hall–Kier alpha value is -2.98. The molecular weight excluding hydrogens is 340 g/mol. The Kier molecular flexibility index (Phi) is 4.27. The van der Waals surface area contributed by atoms with E-state index in [1.165, 1.54) is 10.3 Å². The van der Waals surface area contributed by atoms with Crippen LogP contribution in [0.4, 0.5) is 5.69 Å². The molecule has 26 heavy (non-hydrogen) atoms. The summed E-state index contributed by atoms with van der Waals surface area (Å²) in [6, 6.07) is 20.0. The lowest BCUT2D eigenvalue weighted by atomic mass is 10.1. The maximum Gasteiger partial charge on any atom is 0.127 e. The van der Waals surface area contributed by atoms with E-state index in [2.05, 4.69) is 30.1 Å². The van der Waals surface area contributed by atoms with Gasteiger partial charge in [0.15, 0.2) is 0 Å². The molecule has 0 spiro atoms. The Balaban J connectivity index is 1.59. The second-order valence-electron chi connectivity index (χ2n) is 6.31. The number of phenols is 1. The predicted octanol–water partition coefficient (Wildman–Crippen LogP) is 6.04. The third-order valence-corrected chi connectivity index (χ3v) is 5.35. The van der Waals surface area contributed by atoms with Gasteiger partial charge in [0.1, 0.15) is 10.8 Å². The standard InChI is InChI=1S/C22H18N2OS/c1-14-6-11-19-20(12-14)26-22(24-19)16-7-9-18(10-8-16)23-13-17-5-3-4-15(2)21(17)25/h3-13,25H,1-2H3. The molecule has 0 atom stereocenters. The Bertz CT molecular complexity index is 1110. The lowest BCUT2D eigenvalue weighted by Crippen LogP contribution is -1.84. The van der Waals surface area contributed by atoms with Crippen LogP contribution in [0.2, 0.25) is 0 Å². The molecule has 4 rings (SSSR count). The van der Waals surface area contributed by atoms with E-state index >= 15 is 0 Å².